The van der Waals surface area contributed by atoms with Crippen molar-refractivity contribution < 1.29 is 17.7 Å². The number of hydrogen-bond donors (Lipinski definition) is 1. The van der Waals surface area contributed by atoms with E-state index in [0.29, 0.717) is 24.5 Å². The van der Waals surface area contributed by atoms with E-state index in [1.54, 1.807) is 25.1 Å². The fourth-order valence-electron chi connectivity index (χ4n) is 2.83. The average Bonchev–Trinajstić information content (AvgIpc) is 2.85. The maximum absolute atomic E-state index is 12.8. The number of nitrogens with zero attached hydrogens (tertiary/aromatic N) is 2. The summed E-state index contributed by atoms with van der Waals surface area (Å²) in [5.74, 6) is 0.0869. The van der Waals surface area contributed by atoms with Crippen molar-refractivity contribution in [3.05, 3.63) is 41.8 Å². The summed E-state index contributed by atoms with van der Waals surface area (Å²) in [6, 6.07) is 7.81. The first-order chi connectivity index (χ1) is 12.0. The molecule has 134 valence electrons. The van der Waals surface area contributed by atoms with Crippen LogP contribution in [0.1, 0.15) is 41.9 Å². The third-order valence-electron chi connectivity index (χ3n) is 4.16. The Balaban J connectivity index is 1.79. The predicted octanol–water partition coefficient (Wildman–Crippen LogP) is 2.80. The topological polar surface area (TPSA) is 92.5 Å². The minimum absolute atomic E-state index is 0.151. The van der Waals surface area contributed by atoms with Gasteiger partial charge in [0.15, 0.2) is 5.69 Å². The number of hydrogen-bond acceptors (Lipinski definition) is 5. The van der Waals surface area contributed by atoms with Gasteiger partial charge in [-0.05, 0) is 38.0 Å². The molecule has 0 unspecified atom stereocenters. The van der Waals surface area contributed by atoms with Crippen LogP contribution in [0.2, 0.25) is 0 Å². The maximum Gasteiger partial charge on any atom is 0.277 e. The molecule has 0 atom stereocenters. The summed E-state index contributed by atoms with van der Waals surface area (Å²) >= 11 is 0. The van der Waals surface area contributed by atoms with E-state index in [2.05, 4.69) is 10.5 Å². The number of amides is 1. The zero-order valence-electron chi connectivity index (χ0n) is 14.1. The van der Waals surface area contributed by atoms with Crippen molar-refractivity contribution >= 4 is 21.6 Å². The SMILES string of the molecule is Cc1cc(C(=O)Nc2cccc(S(=O)(=O)N3CCCCCC3)c2)no1. The van der Waals surface area contributed by atoms with E-state index in [0.717, 1.165) is 25.7 Å². The van der Waals surface area contributed by atoms with Crippen molar-refractivity contribution in [2.75, 3.05) is 18.4 Å². The van der Waals surface area contributed by atoms with E-state index in [4.69, 9.17) is 4.52 Å². The van der Waals surface area contributed by atoms with Gasteiger partial charge < -0.3 is 9.84 Å². The molecule has 0 bridgehead atoms. The largest absolute Gasteiger partial charge is 0.361 e. The standard InChI is InChI=1S/C17H21N3O4S/c1-13-11-16(19-24-13)17(21)18-14-7-6-8-15(12-14)25(22,23)20-9-4-2-3-5-10-20/h6-8,11-12H,2-5,9-10H2,1H3,(H,18,21). The number of carbonyl (C=O) groups excluding carboxylic acids is 1. The third kappa shape index (κ3) is 4.08. The number of rotatable bonds is 4. The lowest BCUT2D eigenvalue weighted by Gasteiger charge is -2.20. The highest BCUT2D eigenvalue weighted by Crippen LogP contribution is 2.23. The lowest BCUT2D eigenvalue weighted by atomic mass is 10.2. The molecule has 1 aromatic heterocycles. The molecule has 7 nitrogen and oxygen atoms in total. The van der Waals surface area contributed by atoms with Crippen molar-refractivity contribution in [2.45, 2.75) is 37.5 Å². The summed E-state index contributed by atoms with van der Waals surface area (Å²) in [5.41, 5.74) is 0.555. The van der Waals surface area contributed by atoms with E-state index in [-0.39, 0.29) is 10.6 Å². The maximum atomic E-state index is 12.8. The Morgan fingerprint density at radius 3 is 2.52 bits per heavy atom. The molecule has 3 rings (SSSR count). The third-order valence-corrected chi connectivity index (χ3v) is 6.05. The summed E-state index contributed by atoms with van der Waals surface area (Å²) in [5, 5.41) is 6.31. The van der Waals surface area contributed by atoms with Gasteiger partial charge in [0, 0.05) is 24.8 Å². The van der Waals surface area contributed by atoms with Gasteiger partial charge in [-0.1, -0.05) is 24.1 Å². The van der Waals surface area contributed by atoms with Gasteiger partial charge >= 0.3 is 0 Å². The molecule has 1 saturated heterocycles. The predicted molar refractivity (Wildman–Crippen MR) is 92.9 cm³/mol. The molecule has 1 fully saturated rings. The Morgan fingerprint density at radius 1 is 1.16 bits per heavy atom. The molecular formula is C17H21N3O4S. The highest BCUT2D eigenvalue weighted by molar-refractivity contribution is 7.89. The van der Waals surface area contributed by atoms with Crippen LogP contribution < -0.4 is 5.32 Å². The van der Waals surface area contributed by atoms with Crippen LogP contribution in [0.5, 0.6) is 0 Å². The number of benzene rings is 1. The van der Waals surface area contributed by atoms with Gasteiger partial charge in [-0.3, -0.25) is 4.79 Å². The molecule has 2 heterocycles. The van der Waals surface area contributed by atoms with E-state index >= 15 is 0 Å². The van der Waals surface area contributed by atoms with Crippen molar-refractivity contribution in [1.82, 2.24) is 9.46 Å². The summed E-state index contributed by atoms with van der Waals surface area (Å²) in [4.78, 5) is 12.3. The van der Waals surface area contributed by atoms with Gasteiger partial charge in [-0.15, -0.1) is 0 Å². The summed E-state index contributed by atoms with van der Waals surface area (Å²) in [6.45, 7) is 2.77. The molecular weight excluding hydrogens is 342 g/mol. The van der Waals surface area contributed by atoms with E-state index < -0.39 is 15.9 Å². The molecule has 25 heavy (non-hydrogen) atoms. The molecule has 1 N–H and O–H groups in total. The van der Waals surface area contributed by atoms with E-state index in [1.165, 1.54) is 16.4 Å². The van der Waals surface area contributed by atoms with Crippen LogP contribution in [0.25, 0.3) is 0 Å². The van der Waals surface area contributed by atoms with Gasteiger partial charge in [0.2, 0.25) is 10.0 Å². The molecule has 0 saturated carbocycles. The number of sulfonamides is 1. The number of anilines is 1. The van der Waals surface area contributed by atoms with E-state index in [9.17, 15) is 13.2 Å². The first-order valence-electron chi connectivity index (χ1n) is 8.32. The van der Waals surface area contributed by atoms with Gasteiger partial charge in [-0.25, -0.2) is 8.42 Å². The van der Waals surface area contributed by atoms with Gasteiger partial charge in [0.05, 0.1) is 4.90 Å². The molecule has 1 aromatic carbocycles. The van der Waals surface area contributed by atoms with Crippen molar-refractivity contribution in [2.24, 2.45) is 0 Å². The van der Waals surface area contributed by atoms with Crippen LogP contribution in [0, 0.1) is 6.92 Å². The summed E-state index contributed by atoms with van der Waals surface area (Å²) in [6.07, 6.45) is 3.86. The van der Waals surface area contributed by atoms with Crippen LogP contribution in [0.3, 0.4) is 0 Å². The van der Waals surface area contributed by atoms with Crippen molar-refractivity contribution in [3.63, 3.8) is 0 Å². The zero-order chi connectivity index (χ0) is 17.9. The first kappa shape index (κ1) is 17.6. The Kier molecular flexibility index (Phi) is 5.19. The highest BCUT2D eigenvalue weighted by atomic mass is 32.2. The molecule has 1 aliphatic rings. The quantitative estimate of drug-likeness (QED) is 0.902. The van der Waals surface area contributed by atoms with Gasteiger partial charge in [-0.2, -0.15) is 4.31 Å². The molecule has 0 radical (unpaired) electrons. The Labute approximate surface area is 147 Å². The minimum Gasteiger partial charge on any atom is -0.361 e. The smallest absolute Gasteiger partial charge is 0.277 e. The average molecular weight is 363 g/mol. The second kappa shape index (κ2) is 7.37. The Bertz CT molecular complexity index is 852. The molecule has 0 aliphatic carbocycles. The molecule has 0 spiro atoms. The fourth-order valence-corrected chi connectivity index (χ4v) is 4.40. The van der Waals surface area contributed by atoms with Crippen LogP contribution in [0.4, 0.5) is 5.69 Å². The summed E-state index contributed by atoms with van der Waals surface area (Å²) in [7, 11) is -3.56. The second-order valence-corrected chi connectivity index (χ2v) is 8.06. The lowest BCUT2D eigenvalue weighted by molar-refractivity contribution is 0.101. The number of aryl methyl sites for hydroxylation is 1. The monoisotopic (exact) mass is 363 g/mol. The number of aromatic nitrogens is 1. The molecule has 2 aromatic rings. The summed E-state index contributed by atoms with van der Waals surface area (Å²) < 4.78 is 32.1. The normalized spacial score (nSPS) is 16.4. The number of carbonyl (C=O) groups is 1. The lowest BCUT2D eigenvalue weighted by Crippen LogP contribution is -2.32. The Hall–Kier alpha value is -2.19. The second-order valence-electron chi connectivity index (χ2n) is 6.12. The first-order valence-corrected chi connectivity index (χ1v) is 9.76. The van der Waals surface area contributed by atoms with Gasteiger partial charge in [0.25, 0.3) is 5.91 Å². The molecule has 1 amide bonds. The molecule has 8 heteroatoms. The zero-order valence-corrected chi connectivity index (χ0v) is 14.9. The molecule has 1 aliphatic heterocycles. The fraction of sp³-hybridized carbons (Fsp3) is 0.412. The van der Waals surface area contributed by atoms with E-state index in [1.807, 2.05) is 0 Å². The Morgan fingerprint density at radius 2 is 1.88 bits per heavy atom. The van der Waals surface area contributed by atoms with Crippen molar-refractivity contribution in [1.29, 1.82) is 0 Å². The van der Waals surface area contributed by atoms with Crippen LogP contribution in [0.15, 0.2) is 39.8 Å². The van der Waals surface area contributed by atoms with Crippen LogP contribution >= 0.6 is 0 Å². The van der Waals surface area contributed by atoms with Gasteiger partial charge in [0.1, 0.15) is 5.76 Å². The van der Waals surface area contributed by atoms with Crippen LogP contribution in [-0.2, 0) is 10.0 Å². The minimum atomic E-state index is -3.56. The number of nitrogens with one attached hydrogen (secondary N) is 1. The van der Waals surface area contributed by atoms with Crippen LogP contribution in [-0.4, -0.2) is 36.9 Å². The van der Waals surface area contributed by atoms with Crippen molar-refractivity contribution in [3.8, 4) is 0 Å². The highest BCUT2D eigenvalue weighted by Gasteiger charge is 2.25.